The number of carbonyl (C=O) groups excluding carboxylic acids is 1. The average Bonchev–Trinajstić information content (AvgIpc) is 3.20. The summed E-state index contributed by atoms with van der Waals surface area (Å²) < 4.78 is 1.96. The first kappa shape index (κ1) is 13.7. The lowest BCUT2D eigenvalue weighted by Gasteiger charge is -2.21. The molecule has 2 heterocycles. The van der Waals surface area contributed by atoms with E-state index in [1.54, 1.807) is 12.5 Å². The van der Waals surface area contributed by atoms with Crippen molar-refractivity contribution in [3.63, 3.8) is 0 Å². The number of likely N-dealkylation sites (tertiary alicyclic amines) is 1. The molecule has 1 unspecified atom stereocenters. The zero-order chi connectivity index (χ0) is 14.7. The molecule has 5 heteroatoms. The van der Waals surface area contributed by atoms with Crippen molar-refractivity contribution in [3.8, 4) is 5.69 Å². The topological polar surface area (TPSA) is 50.2 Å². The van der Waals surface area contributed by atoms with Gasteiger partial charge in [-0.15, -0.1) is 0 Å². The molecule has 1 fully saturated rings. The first-order valence-corrected chi connectivity index (χ1v) is 7.38. The number of hydrogen-bond donors (Lipinski definition) is 1. The average molecular weight is 284 g/mol. The van der Waals surface area contributed by atoms with Crippen LogP contribution in [0.25, 0.3) is 5.69 Å². The Morgan fingerprint density at radius 1 is 1.33 bits per heavy atom. The maximum Gasteiger partial charge on any atom is 0.317 e. The summed E-state index contributed by atoms with van der Waals surface area (Å²) in [7, 11) is 0. The Bertz CT molecular complexity index is 602. The highest BCUT2D eigenvalue weighted by molar-refractivity contribution is 5.75. The van der Waals surface area contributed by atoms with Crippen LogP contribution in [0.1, 0.15) is 31.4 Å². The Morgan fingerprint density at radius 2 is 2.14 bits per heavy atom. The van der Waals surface area contributed by atoms with E-state index in [9.17, 15) is 4.79 Å². The number of amides is 2. The molecule has 1 atom stereocenters. The van der Waals surface area contributed by atoms with Crippen LogP contribution in [0.4, 0.5) is 4.79 Å². The molecule has 21 heavy (non-hydrogen) atoms. The number of nitrogens with one attached hydrogen (secondary N) is 1. The molecule has 1 aromatic carbocycles. The number of carbonyl (C=O) groups is 1. The molecule has 110 valence electrons. The van der Waals surface area contributed by atoms with E-state index in [0.29, 0.717) is 0 Å². The second-order valence-electron chi connectivity index (χ2n) is 5.43. The van der Waals surface area contributed by atoms with Gasteiger partial charge in [-0.2, -0.15) is 0 Å². The van der Waals surface area contributed by atoms with Crippen LogP contribution in [-0.2, 0) is 0 Å². The van der Waals surface area contributed by atoms with Gasteiger partial charge in [0, 0.05) is 31.2 Å². The van der Waals surface area contributed by atoms with Gasteiger partial charge in [0.1, 0.15) is 0 Å². The fraction of sp³-hybridized carbons (Fsp3) is 0.375. The van der Waals surface area contributed by atoms with E-state index in [1.807, 2.05) is 40.8 Å². The highest BCUT2D eigenvalue weighted by Gasteiger charge is 2.19. The van der Waals surface area contributed by atoms with Gasteiger partial charge in [0.2, 0.25) is 0 Å². The van der Waals surface area contributed by atoms with Crippen LogP contribution in [0.5, 0.6) is 0 Å². The number of nitrogens with zero attached hydrogens (tertiary/aromatic N) is 3. The van der Waals surface area contributed by atoms with E-state index in [1.165, 1.54) is 0 Å². The van der Waals surface area contributed by atoms with Gasteiger partial charge in [-0.3, -0.25) is 0 Å². The van der Waals surface area contributed by atoms with Gasteiger partial charge in [-0.25, -0.2) is 9.78 Å². The number of rotatable bonds is 3. The van der Waals surface area contributed by atoms with E-state index in [2.05, 4.69) is 16.4 Å². The minimum Gasteiger partial charge on any atom is -0.331 e. The molecule has 0 radical (unpaired) electrons. The summed E-state index contributed by atoms with van der Waals surface area (Å²) in [4.78, 5) is 18.1. The summed E-state index contributed by atoms with van der Waals surface area (Å²) >= 11 is 0. The molecule has 5 nitrogen and oxygen atoms in total. The summed E-state index contributed by atoms with van der Waals surface area (Å²) in [5, 5.41) is 3.07. The van der Waals surface area contributed by atoms with Crippen LogP contribution in [0.3, 0.4) is 0 Å². The molecule has 0 saturated carbocycles. The van der Waals surface area contributed by atoms with Crippen molar-refractivity contribution in [1.82, 2.24) is 19.8 Å². The van der Waals surface area contributed by atoms with E-state index < -0.39 is 0 Å². The first-order valence-electron chi connectivity index (χ1n) is 7.38. The van der Waals surface area contributed by atoms with Crippen LogP contribution in [-0.4, -0.2) is 33.6 Å². The molecule has 1 saturated heterocycles. The minimum atomic E-state index is -0.0124. The van der Waals surface area contributed by atoms with Crippen LogP contribution >= 0.6 is 0 Å². The summed E-state index contributed by atoms with van der Waals surface area (Å²) in [6, 6.07) is 8.17. The molecular formula is C16H20N4O. The summed E-state index contributed by atoms with van der Waals surface area (Å²) in [5.74, 6) is 0. The SMILES string of the molecule is CC(NC(=O)N1CCCC1)c1cccc(-n2ccnc2)c1. The molecule has 2 amide bonds. The van der Waals surface area contributed by atoms with Gasteiger partial charge in [0.25, 0.3) is 0 Å². The number of hydrogen-bond acceptors (Lipinski definition) is 2. The van der Waals surface area contributed by atoms with Crippen LogP contribution in [0.15, 0.2) is 43.0 Å². The van der Waals surface area contributed by atoms with E-state index in [-0.39, 0.29) is 12.1 Å². The molecule has 1 aliphatic heterocycles. The second kappa shape index (κ2) is 5.99. The largest absolute Gasteiger partial charge is 0.331 e. The molecule has 1 aromatic heterocycles. The van der Waals surface area contributed by atoms with Gasteiger partial charge in [-0.1, -0.05) is 12.1 Å². The predicted octanol–water partition coefficient (Wildman–Crippen LogP) is 2.74. The first-order chi connectivity index (χ1) is 10.2. The summed E-state index contributed by atoms with van der Waals surface area (Å²) in [6.07, 6.45) is 7.65. The van der Waals surface area contributed by atoms with Crippen molar-refractivity contribution >= 4 is 6.03 Å². The maximum absolute atomic E-state index is 12.1. The molecule has 2 aromatic rings. The molecular weight excluding hydrogens is 264 g/mol. The van der Waals surface area contributed by atoms with Crippen LogP contribution in [0.2, 0.25) is 0 Å². The lowest BCUT2D eigenvalue weighted by molar-refractivity contribution is 0.205. The lowest BCUT2D eigenvalue weighted by Crippen LogP contribution is -2.39. The summed E-state index contributed by atoms with van der Waals surface area (Å²) in [5.41, 5.74) is 2.14. The van der Waals surface area contributed by atoms with Crippen LogP contribution in [0, 0.1) is 0 Å². The van der Waals surface area contributed by atoms with E-state index >= 15 is 0 Å². The molecule has 3 rings (SSSR count). The van der Waals surface area contributed by atoms with Gasteiger partial charge >= 0.3 is 6.03 Å². The Labute approximate surface area is 124 Å². The number of benzene rings is 1. The third kappa shape index (κ3) is 3.07. The lowest BCUT2D eigenvalue weighted by atomic mass is 10.1. The Balaban J connectivity index is 1.71. The Morgan fingerprint density at radius 3 is 2.86 bits per heavy atom. The second-order valence-corrected chi connectivity index (χ2v) is 5.43. The third-order valence-corrected chi connectivity index (χ3v) is 3.91. The van der Waals surface area contributed by atoms with Crippen LogP contribution < -0.4 is 5.32 Å². The van der Waals surface area contributed by atoms with Crippen molar-refractivity contribution in [2.75, 3.05) is 13.1 Å². The van der Waals surface area contributed by atoms with E-state index in [0.717, 1.165) is 37.2 Å². The van der Waals surface area contributed by atoms with Gasteiger partial charge in [0.15, 0.2) is 0 Å². The van der Waals surface area contributed by atoms with Crippen molar-refractivity contribution in [2.24, 2.45) is 0 Å². The van der Waals surface area contributed by atoms with E-state index in [4.69, 9.17) is 0 Å². The highest BCUT2D eigenvalue weighted by atomic mass is 16.2. The zero-order valence-corrected chi connectivity index (χ0v) is 12.2. The molecule has 1 aliphatic rings. The summed E-state index contributed by atoms with van der Waals surface area (Å²) in [6.45, 7) is 3.75. The predicted molar refractivity (Wildman–Crippen MR) is 81.3 cm³/mol. The number of imidazole rings is 1. The zero-order valence-electron chi connectivity index (χ0n) is 12.2. The molecule has 1 N–H and O–H groups in total. The fourth-order valence-corrected chi connectivity index (χ4v) is 2.65. The smallest absolute Gasteiger partial charge is 0.317 e. The Kier molecular flexibility index (Phi) is 3.90. The third-order valence-electron chi connectivity index (χ3n) is 3.91. The normalized spacial score (nSPS) is 16.0. The monoisotopic (exact) mass is 284 g/mol. The fourth-order valence-electron chi connectivity index (χ4n) is 2.65. The van der Waals surface area contributed by atoms with Gasteiger partial charge in [-0.05, 0) is 37.5 Å². The highest BCUT2D eigenvalue weighted by Crippen LogP contribution is 2.18. The van der Waals surface area contributed by atoms with Crippen molar-refractivity contribution < 1.29 is 4.79 Å². The standard InChI is InChI=1S/C16H20N4O/c1-13(18-16(21)19-8-2-3-9-19)14-5-4-6-15(11-14)20-10-7-17-12-20/h4-7,10-13H,2-3,8-9H2,1H3,(H,18,21). The molecule has 0 spiro atoms. The van der Waals surface area contributed by atoms with Crippen molar-refractivity contribution in [1.29, 1.82) is 0 Å². The quantitative estimate of drug-likeness (QED) is 0.942. The molecule has 0 bridgehead atoms. The van der Waals surface area contributed by atoms with Crippen molar-refractivity contribution in [2.45, 2.75) is 25.8 Å². The van der Waals surface area contributed by atoms with Gasteiger partial charge in [0.05, 0.1) is 12.4 Å². The number of aromatic nitrogens is 2. The molecule has 0 aliphatic carbocycles. The van der Waals surface area contributed by atoms with Crippen molar-refractivity contribution in [3.05, 3.63) is 48.5 Å². The maximum atomic E-state index is 12.1. The van der Waals surface area contributed by atoms with Gasteiger partial charge < -0.3 is 14.8 Å². The Hall–Kier alpha value is -2.30. The minimum absolute atomic E-state index is 0.0124. The number of urea groups is 1.